The van der Waals surface area contributed by atoms with Crippen LogP contribution >= 0.6 is 0 Å². The van der Waals surface area contributed by atoms with Crippen molar-refractivity contribution in [1.29, 1.82) is 0 Å². The molecule has 0 aliphatic carbocycles. The number of nitrogens with zero attached hydrogens (tertiary/aromatic N) is 3. The van der Waals surface area contributed by atoms with E-state index in [1.165, 1.54) is 14.2 Å². The zero-order chi connectivity index (χ0) is 16.1. The van der Waals surface area contributed by atoms with Crippen molar-refractivity contribution in [3.8, 4) is 12.0 Å². The van der Waals surface area contributed by atoms with Crippen LogP contribution in [0.3, 0.4) is 0 Å². The number of rotatable bonds is 6. The number of hydrogen-bond donors (Lipinski definition) is 2. The van der Waals surface area contributed by atoms with E-state index < -0.39 is 5.97 Å². The van der Waals surface area contributed by atoms with Crippen LogP contribution in [0.5, 0.6) is 12.0 Å². The summed E-state index contributed by atoms with van der Waals surface area (Å²) in [6, 6.07) is 5.40. The number of nitrogens with one attached hydrogen (secondary N) is 1. The highest BCUT2D eigenvalue weighted by Gasteiger charge is 2.09. The van der Waals surface area contributed by atoms with Gasteiger partial charge in [-0.15, -0.1) is 4.98 Å². The minimum absolute atomic E-state index is 0.145. The molecule has 1 heterocycles. The number of aromatic nitrogens is 3. The fraction of sp³-hybridized carbons (Fsp3) is 0.286. The predicted molar refractivity (Wildman–Crippen MR) is 78.4 cm³/mol. The Kier molecular flexibility index (Phi) is 4.72. The lowest BCUT2D eigenvalue weighted by molar-refractivity contribution is 0.0696. The van der Waals surface area contributed by atoms with Crippen molar-refractivity contribution < 1.29 is 19.4 Å². The number of anilines is 1. The molecule has 0 saturated carbocycles. The van der Waals surface area contributed by atoms with Gasteiger partial charge in [0.05, 0.1) is 19.8 Å². The van der Waals surface area contributed by atoms with Gasteiger partial charge in [-0.2, -0.15) is 9.97 Å². The molecule has 2 aromatic rings. The standard InChI is InChI=1S/C14H16N4O4/c1-8-6-9(4-5-10(8)11(19)20)7-15-12-16-13(21-2)18-14(17-12)22-3/h4-6H,7H2,1-3H3,(H,19,20)(H,15,16,17,18). The topological polar surface area (TPSA) is 106 Å². The molecule has 8 heteroatoms. The molecule has 0 aliphatic heterocycles. The molecule has 1 aromatic heterocycles. The molecule has 0 unspecified atom stereocenters. The molecule has 0 bridgehead atoms. The van der Waals surface area contributed by atoms with Crippen molar-refractivity contribution in [2.75, 3.05) is 19.5 Å². The van der Waals surface area contributed by atoms with E-state index in [1.54, 1.807) is 25.1 Å². The van der Waals surface area contributed by atoms with Gasteiger partial charge in [0.2, 0.25) is 5.95 Å². The summed E-state index contributed by atoms with van der Waals surface area (Å²) in [5.41, 5.74) is 1.88. The van der Waals surface area contributed by atoms with Crippen molar-refractivity contribution in [3.05, 3.63) is 34.9 Å². The normalized spacial score (nSPS) is 10.1. The summed E-state index contributed by atoms with van der Waals surface area (Å²) in [4.78, 5) is 23.0. The number of aromatic carboxylic acids is 1. The second-order valence-corrected chi connectivity index (χ2v) is 4.44. The van der Waals surface area contributed by atoms with Crippen LogP contribution in [0.4, 0.5) is 5.95 Å². The van der Waals surface area contributed by atoms with Crippen LogP contribution in [0.25, 0.3) is 0 Å². The number of ether oxygens (including phenoxy) is 2. The van der Waals surface area contributed by atoms with Crippen LogP contribution in [0.2, 0.25) is 0 Å². The third kappa shape index (κ3) is 3.60. The molecular weight excluding hydrogens is 288 g/mol. The summed E-state index contributed by atoms with van der Waals surface area (Å²) in [6.07, 6.45) is 0. The Morgan fingerprint density at radius 1 is 1.18 bits per heavy atom. The molecule has 0 fully saturated rings. The molecular formula is C14H16N4O4. The van der Waals surface area contributed by atoms with Gasteiger partial charge in [0.1, 0.15) is 0 Å². The average molecular weight is 304 g/mol. The van der Waals surface area contributed by atoms with E-state index >= 15 is 0 Å². The fourth-order valence-corrected chi connectivity index (χ4v) is 1.86. The lowest BCUT2D eigenvalue weighted by atomic mass is 10.1. The Morgan fingerprint density at radius 2 is 1.82 bits per heavy atom. The fourth-order valence-electron chi connectivity index (χ4n) is 1.86. The first-order chi connectivity index (χ1) is 10.5. The van der Waals surface area contributed by atoms with Crippen molar-refractivity contribution >= 4 is 11.9 Å². The van der Waals surface area contributed by atoms with Crippen molar-refractivity contribution in [3.63, 3.8) is 0 Å². The van der Waals surface area contributed by atoms with Crippen LogP contribution in [0.1, 0.15) is 21.5 Å². The van der Waals surface area contributed by atoms with Gasteiger partial charge < -0.3 is 19.9 Å². The van der Waals surface area contributed by atoms with Gasteiger partial charge in [-0.1, -0.05) is 12.1 Å². The molecule has 0 spiro atoms. The summed E-state index contributed by atoms with van der Waals surface area (Å²) < 4.78 is 9.93. The van der Waals surface area contributed by atoms with Crippen LogP contribution in [-0.2, 0) is 6.54 Å². The smallest absolute Gasteiger partial charge is 0.335 e. The highest BCUT2D eigenvalue weighted by atomic mass is 16.5. The summed E-state index contributed by atoms with van der Waals surface area (Å²) in [5, 5.41) is 12.0. The quantitative estimate of drug-likeness (QED) is 0.827. The van der Waals surface area contributed by atoms with Crippen molar-refractivity contribution in [2.45, 2.75) is 13.5 Å². The number of aryl methyl sites for hydroxylation is 1. The lowest BCUT2D eigenvalue weighted by Crippen LogP contribution is -2.08. The van der Waals surface area contributed by atoms with E-state index in [4.69, 9.17) is 14.6 Å². The molecule has 1 aromatic carbocycles. The Morgan fingerprint density at radius 3 is 2.32 bits per heavy atom. The number of hydrogen-bond acceptors (Lipinski definition) is 7. The summed E-state index contributed by atoms with van der Waals surface area (Å²) in [7, 11) is 2.90. The van der Waals surface area contributed by atoms with E-state index in [0.29, 0.717) is 18.1 Å². The minimum atomic E-state index is -0.941. The third-order valence-corrected chi connectivity index (χ3v) is 2.93. The Hall–Kier alpha value is -2.90. The predicted octanol–water partition coefficient (Wildman–Crippen LogP) is 1.51. The summed E-state index contributed by atoms with van der Waals surface area (Å²) in [5.74, 6) is -0.632. The minimum Gasteiger partial charge on any atom is -0.478 e. The van der Waals surface area contributed by atoms with Crippen LogP contribution in [0.15, 0.2) is 18.2 Å². The zero-order valence-electron chi connectivity index (χ0n) is 12.5. The van der Waals surface area contributed by atoms with E-state index in [0.717, 1.165) is 5.56 Å². The molecule has 2 rings (SSSR count). The van der Waals surface area contributed by atoms with E-state index in [-0.39, 0.29) is 17.6 Å². The number of benzene rings is 1. The molecule has 2 N–H and O–H groups in total. The largest absolute Gasteiger partial charge is 0.478 e. The van der Waals surface area contributed by atoms with Crippen LogP contribution < -0.4 is 14.8 Å². The third-order valence-electron chi connectivity index (χ3n) is 2.93. The average Bonchev–Trinajstić information content (AvgIpc) is 2.52. The molecule has 0 amide bonds. The molecule has 116 valence electrons. The van der Waals surface area contributed by atoms with E-state index in [1.807, 2.05) is 0 Å². The molecule has 22 heavy (non-hydrogen) atoms. The first-order valence-corrected chi connectivity index (χ1v) is 6.44. The highest BCUT2D eigenvalue weighted by molar-refractivity contribution is 5.89. The summed E-state index contributed by atoms with van der Waals surface area (Å²) in [6.45, 7) is 2.18. The monoisotopic (exact) mass is 304 g/mol. The van der Waals surface area contributed by atoms with Gasteiger partial charge >= 0.3 is 18.0 Å². The van der Waals surface area contributed by atoms with E-state index in [9.17, 15) is 4.79 Å². The van der Waals surface area contributed by atoms with Crippen molar-refractivity contribution in [1.82, 2.24) is 15.0 Å². The van der Waals surface area contributed by atoms with E-state index in [2.05, 4.69) is 20.3 Å². The Bertz CT molecular complexity index is 668. The lowest BCUT2D eigenvalue weighted by Gasteiger charge is -2.09. The number of carboxylic acids is 1. The molecule has 8 nitrogen and oxygen atoms in total. The maximum atomic E-state index is 11.0. The number of methoxy groups -OCH3 is 2. The highest BCUT2D eigenvalue weighted by Crippen LogP contribution is 2.15. The SMILES string of the molecule is COc1nc(NCc2ccc(C(=O)O)c(C)c2)nc(OC)n1. The van der Waals surface area contributed by atoms with Gasteiger partial charge in [0.15, 0.2) is 0 Å². The van der Waals surface area contributed by atoms with Gasteiger partial charge in [-0.3, -0.25) is 0 Å². The van der Waals surface area contributed by atoms with Crippen LogP contribution in [-0.4, -0.2) is 40.2 Å². The number of carboxylic acid groups (broad SMARTS) is 1. The molecule has 0 aliphatic rings. The molecule has 0 saturated heterocycles. The first kappa shape index (κ1) is 15.5. The van der Waals surface area contributed by atoms with Crippen LogP contribution in [0, 0.1) is 6.92 Å². The van der Waals surface area contributed by atoms with Gasteiger partial charge in [0.25, 0.3) is 0 Å². The maximum absolute atomic E-state index is 11.0. The molecule has 0 atom stereocenters. The van der Waals surface area contributed by atoms with Crippen molar-refractivity contribution in [2.24, 2.45) is 0 Å². The Labute approximate surface area is 127 Å². The molecule has 0 radical (unpaired) electrons. The van der Waals surface area contributed by atoms with Gasteiger partial charge in [0, 0.05) is 6.54 Å². The second-order valence-electron chi connectivity index (χ2n) is 4.44. The van der Waals surface area contributed by atoms with Gasteiger partial charge in [-0.25, -0.2) is 4.79 Å². The zero-order valence-corrected chi connectivity index (χ0v) is 12.5. The second kappa shape index (κ2) is 6.70. The first-order valence-electron chi connectivity index (χ1n) is 6.44. The maximum Gasteiger partial charge on any atom is 0.335 e. The summed E-state index contributed by atoms with van der Waals surface area (Å²) >= 11 is 0. The number of carbonyl (C=O) groups is 1. The Balaban J connectivity index is 2.13. The van der Waals surface area contributed by atoms with Gasteiger partial charge in [-0.05, 0) is 24.1 Å².